The molecule has 1 unspecified atom stereocenters. The Hall–Kier alpha value is -3.19. The van der Waals surface area contributed by atoms with Gasteiger partial charge in [-0.3, -0.25) is 9.69 Å². The zero-order chi connectivity index (χ0) is 20.5. The first-order valence-electron chi connectivity index (χ1n) is 9.85. The van der Waals surface area contributed by atoms with Gasteiger partial charge in [0.25, 0.3) is 0 Å². The Balaban J connectivity index is 1.40. The predicted octanol–water partition coefficient (Wildman–Crippen LogP) is 1.95. The Kier molecular flexibility index (Phi) is 5.07. The van der Waals surface area contributed by atoms with Crippen LogP contribution in [-0.4, -0.2) is 58.0 Å². The predicted molar refractivity (Wildman–Crippen MR) is 115 cm³/mol. The van der Waals surface area contributed by atoms with E-state index in [-0.39, 0.29) is 11.7 Å². The van der Waals surface area contributed by atoms with Gasteiger partial charge in [0.1, 0.15) is 11.6 Å². The van der Waals surface area contributed by atoms with Crippen LogP contribution in [0.5, 0.6) is 5.75 Å². The molecule has 3 heterocycles. The van der Waals surface area contributed by atoms with Gasteiger partial charge >= 0.3 is 0 Å². The number of nitrogens with one attached hydrogen (secondary N) is 1. The highest BCUT2D eigenvalue weighted by molar-refractivity contribution is 5.87. The number of aromatic hydroxyl groups is 1. The number of nitrogen functional groups attached to an aromatic ring is 1. The second kappa shape index (κ2) is 7.67. The number of nitrogens with zero attached hydrogens (tertiary/aromatic N) is 2. The summed E-state index contributed by atoms with van der Waals surface area (Å²) in [5.41, 5.74) is 15.3. The van der Waals surface area contributed by atoms with Crippen LogP contribution < -0.4 is 11.5 Å². The first-order valence-corrected chi connectivity index (χ1v) is 9.85. The molecule has 1 aromatic heterocycles. The van der Waals surface area contributed by atoms with Crippen molar-refractivity contribution in [2.75, 3.05) is 31.9 Å². The van der Waals surface area contributed by atoms with Crippen molar-refractivity contribution >= 4 is 23.5 Å². The lowest BCUT2D eigenvalue weighted by Gasteiger charge is -2.42. The van der Waals surface area contributed by atoms with E-state index in [4.69, 9.17) is 11.5 Å². The smallest absolute Gasteiger partial charge is 0.246 e. The van der Waals surface area contributed by atoms with Gasteiger partial charge in [-0.1, -0.05) is 18.7 Å². The van der Waals surface area contributed by atoms with Gasteiger partial charge in [-0.15, -0.1) is 0 Å². The lowest BCUT2D eigenvalue weighted by molar-refractivity contribution is -0.125. The monoisotopic (exact) mass is 393 g/mol. The minimum Gasteiger partial charge on any atom is -0.507 e. The summed E-state index contributed by atoms with van der Waals surface area (Å²) in [5, 5.41) is 9.98. The molecule has 0 spiro atoms. The van der Waals surface area contributed by atoms with Crippen LogP contribution in [0.15, 0.2) is 43.0 Å². The summed E-state index contributed by atoms with van der Waals surface area (Å²) in [7, 11) is 0. The third kappa shape index (κ3) is 3.73. The molecule has 1 atom stereocenters. The van der Waals surface area contributed by atoms with Gasteiger partial charge in [-0.05, 0) is 36.8 Å². The van der Waals surface area contributed by atoms with Crippen molar-refractivity contribution in [1.82, 2.24) is 14.8 Å². The van der Waals surface area contributed by atoms with Gasteiger partial charge in [0.2, 0.25) is 5.91 Å². The van der Waals surface area contributed by atoms with Gasteiger partial charge in [0.05, 0.1) is 0 Å². The lowest BCUT2D eigenvalue weighted by atomic mass is 9.93. The number of benzene rings is 1. The number of carbonyl (C=O) groups is 1. The molecule has 1 amide bonds. The molecule has 7 heteroatoms. The fourth-order valence-electron chi connectivity index (χ4n) is 4.19. The van der Waals surface area contributed by atoms with Gasteiger partial charge in [-0.2, -0.15) is 0 Å². The maximum absolute atomic E-state index is 11.8. The number of amides is 1. The second-order valence-electron chi connectivity index (χ2n) is 7.79. The van der Waals surface area contributed by atoms with Crippen LogP contribution in [0.25, 0.3) is 11.8 Å². The van der Waals surface area contributed by atoms with Crippen molar-refractivity contribution in [3.05, 3.63) is 59.8 Å². The van der Waals surface area contributed by atoms with Gasteiger partial charge in [0.15, 0.2) is 0 Å². The zero-order valence-electron chi connectivity index (χ0n) is 16.3. The Labute approximate surface area is 170 Å². The molecule has 2 fully saturated rings. The number of anilines is 1. The first-order chi connectivity index (χ1) is 14.0. The molecule has 29 heavy (non-hydrogen) atoms. The van der Waals surface area contributed by atoms with E-state index in [1.165, 1.54) is 6.08 Å². The number of likely N-dealkylation sites (tertiary alicyclic amines) is 2. The highest BCUT2D eigenvalue weighted by Gasteiger charge is 2.38. The van der Waals surface area contributed by atoms with Crippen molar-refractivity contribution in [3.63, 3.8) is 0 Å². The van der Waals surface area contributed by atoms with Crippen LogP contribution in [0.1, 0.15) is 29.2 Å². The highest BCUT2D eigenvalue weighted by Crippen LogP contribution is 2.33. The molecule has 1 aromatic carbocycles. The minimum absolute atomic E-state index is 0.0141. The second-order valence-corrected chi connectivity index (χ2v) is 7.79. The molecule has 0 aliphatic carbocycles. The van der Waals surface area contributed by atoms with Crippen LogP contribution in [0.3, 0.4) is 0 Å². The van der Waals surface area contributed by atoms with Crippen LogP contribution >= 0.6 is 0 Å². The number of carbonyl (C=O) groups excluding carboxylic acids is 1. The number of H-pyrrole nitrogens is 1. The minimum atomic E-state index is 0.0141. The summed E-state index contributed by atoms with van der Waals surface area (Å²) < 4.78 is 0. The van der Waals surface area contributed by atoms with Crippen molar-refractivity contribution < 1.29 is 9.90 Å². The van der Waals surface area contributed by atoms with Crippen molar-refractivity contribution in [3.8, 4) is 5.75 Å². The van der Waals surface area contributed by atoms with Crippen molar-refractivity contribution in [2.24, 2.45) is 5.73 Å². The molecule has 0 saturated carbocycles. The molecule has 2 aromatic rings. The third-order valence-electron chi connectivity index (χ3n) is 5.94. The van der Waals surface area contributed by atoms with Crippen molar-refractivity contribution in [1.29, 1.82) is 0 Å². The number of aromatic amines is 1. The van der Waals surface area contributed by atoms with E-state index in [0.717, 1.165) is 43.9 Å². The standard InChI is InChI=1S/C22H27N5O2/c1-2-21(29)26-8-7-16(13-26)27-11-15(12-27)19-10-14(22(24)25-19)9-18(23)17-5-3-4-6-20(17)28/h2-6,9-10,15-16,25,28H,1,7-8,11-13,23-24H2/b18-9-. The van der Waals surface area contributed by atoms with Crippen LogP contribution in [-0.2, 0) is 4.79 Å². The Morgan fingerprint density at radius 3 is 2.76 bits per heavy atom. The van der Waals surface area contributed by atoms with E-state index < -0.39 is 0 Å². The first kappa shape index (κ1) is 19.1. The molecular weight excluding hydrogens is 366 g/mol. The summed E-state index contributed by atoms with van der Waals surface area (Å²) in [6.07, 6.45) is 4.18. The molecule has 2 aliphatic rings. The molecule has 2 saturated heterocycles. The number of hydrogen-bond acceptors (Lipinski definition) is 5. The molecule has 152 valence electrons. The summed E-state index contributed by atoms with van der Waals surface area (Å²) in [6, 6.07) is 9.42. The van der Waals surface area contributed by atoms with E-state index in [9.17, 15) is 9.90 Å². The van der Waals surface area contributed by atoms with Crippen LogP contribution in [0.4, 0.5) is 5.82 Å². The van der Waals surface area contributed by atoms with E-state index in [2.05, 4.69) is 16.5 Å². The quantitative estimate of drug-likeness (QED) is 0.580. The number of hydrogen-bond donors (Lipinski definition) is 4. The maximum atomic E-state index is 11.8. The fraction of sp³-hybridized carbons (Fsp3) is 0.318. The number of phenolic OH excluding ortho intramolecular Hbond substituents is 1. The average molecular weight is 393 g/mol. The Morgan fingerprint density at radius 2 is 2.03 bits per heavy atom. The number of para-hydroxylation sites is 1. The largest absolute Gasteiger partial charge is 0.507 e. The average Bonchev–Trinajstić information content (AvgIpc) is 3.28. The Morgan fingerprint density at radius 1 is 1.28 bits per heavy atom. The molecule has 4 rings (SSSR count). The van der Waals surface area contributed by atoms with Gasteiger partial charge < -0.3 is 26.5 Å². The molecule has 6 N–H and O–H groups in total. The SMILES string of the molecule is C=CC(=O)N1CCC(N2CC(c3cc(/C=C(\N)c4ccccc4O)c(N)[nH]3)C2)C1. The summed E-state index contributed by atoms with van der Waals surface area (Å²) in [5.74, 6) is 1.11. The molecule has 0 radical (unpaired) electrons. The number of rotatable bonds is 5. The van der Waals surface area contributed by atoms with E-state index >= 15 is 0 Å². The van der Waals surface area contributed by atoms with Crippen LogP contribution in [0.2, 0.25) is 0 Å². The number of nitrogens with two attached hydrogens (primary N) is 2. The van der Waals surface area contributed by atoms with E-state index in [1.807, 2.05) is 17.0 Å². The molecular formula is C22H27N5O2. The molecule has 2 aliphatic heterocycles. The topological polar surface area (TPSA) is 112 Å². The normalized spacial score (nSPS) is 20.6. The highest BCUT2D eigenvalue weighted by atomic mass is 16.3. The fourth-order valence-corrected chi connectivity index (χ4v) is 4.19. The van der Waals surface area contributed by atoms with Gasteiger partial charge in [0, 0.05) is 60.7 Å². The summed E-state index contributed by atoms with van der Waals surface area (Å²) >= 11 is 0. The Bertz CT molecular complexity index is 958. The maximum Gasteiger partial charge on any atom is 0.246 e. The van der Waals surface area contributed by atoms with Crippen molar-refractivity contribution in [2.45, 2.75) is 18.4 Å². The number of aromatic nitrogens is 1. The summed E-state index contributed by atoms with van der Waals surface area (Å²) in [4.78, 5) is 19.3. The third-order valence-corrected chi connectivity index (χ3v) is 5.94. The van der Waals surface area contributed by atoms with E-state index in [1.54, 1.807) is 24.3 Å². The summed E-state index contributed by atoms with van der Waals surface area (Å²) in [6.45, 7) is 7.03. The molecule has 7 nitrogen and oxygen atoms in total. The van der Waals surface area contributed by atoms with E-state index in [0.29, 0.717) is 29.0 Å². The lowest BCUT2D eigenvalue weighted by Crippen LogP contribution is -2.51. The molecule has 0 bridgehead atoms. The zero-order valence-corrected chi connectivity index (χ0v) is 16.3. The van der Waals surface area contributed by atoms with Crippen LogP contribution in [0, 0.1) is 0 Å². The van der Waals surface area contributed by atoms with Gasteiger partial charge in [-0.25, -0.2) is 0 Å². The number of phenols is 1.